The first-order valence-corrected chi connectivity index (χ1v) is 4.75. The number of halogens is 1. The van der Waals surface area contributed by atoms with Gasteiger partial charge in [0.25, 0.3) is 0 Å². The molecule has 0 spiro atoms. The minimum absolute atomic E-state index is 0.310. The van der Waals surface area contributed by atoms with Crippen LogP contribution in [-0.4, -0.2) is 12.5 Å². The summed E-state index contributed by atoms with van der Waals surface area (Å²) < 4.78 is 0. The summed E-state index contributed by atoms with van der Waals surface area (Å²) in [6.07, 6.45) is 0.310. The van der Waals surface area contributed by atoms with Crippen LogP contribution >= 0.6 is 11.6 Å². The number of carbonyl (C=O) groups is 1. The summed E-state index contributed by atoms with van der Waals surface area (Å²) in [5.41, 5.74) is 6.97. The quantitative estimate of drug-likeness (QED) is 0.802. The van der Waals surface area contributed by atoms with Gasteiger partial charge in [-0.25, -0.2) is 0 Å². The molecule has 0 bridgehead atoms. The lowest BCUT2D eigenvalue weighted by Crippen LogP contribution is -2.15. The number of hydrogen-bond acceptors (Lipinski definition) is 2. The third-order valence-electron chi connectivity index (χ3n) is 1.81. The van der Waals surface area contributed by atoms with Crippen molar-refractivity contribution < 1.29 is 4.79 Å². The highest BCUT2D eigenvalue weighted by Gasteiger charge is 2.00. The number of nitrogens with two attached hydrogens (primary N) is 1. The minimum Gasteiger partial charge on any atom is -0.383 e. The molecule has 1 amide bonds. The Bertz CT molecular complexity index is 339. The zero-order chi connectivity index (χ0) is 10.6. The molecule has 14 heavy (non-hydrogen) atoms. The molecule has 1 rings (SSSR count). The molecule has 0 unspecified atom stereocenters. The van der Waals surface area contributed by atoms with E-state index < -0.39 is 0 Å². The first-order chi connectivity index (χ1) is 6.59. The standard InChI is InChI=1S/C10H13ClN2O/c1-7-2-3-8(11)9(6-7)13-5-4-10(12)14/h2-3,6,13H,4-5H2,1H3,(H2,12,14). The topological polar surface area (TPSA) is 55.1 Å². The van der Waals surface area contributed by atoms with E-state index in [0.29, 0.717) is 18.0 Å². The van der Waals surface area contributed by atoms with Crippen LogP contribution in [0.3, 0.4) is 0 Å². The SMILES string of the molecule is Cc1ccc(Cl)c(NCCC(N)=O)c1. The highest BCUT2D eigenvalue weighted by Crippen LogP contribution is 2.22. The Labute approximate surface area is 88.2 Å². The highest BCUT2D eigenvalue weighted by molar-refractivity contribution is 6.33. The molecule has 0 radical (unpaired) electrons. The second-order valence-electron chi connectivity index (χ2n) is 3.13. The molecule has 4 heteroatoms. The van der Waals surface area contributed by atoms with E-state index in [9.17, 15) is 4.79 Å². The van der Waals surface area contributed by atoms with Crippen molar-refractivity contribution in [2.24, 2.45) is 5.73 Å². The predicted molar refractivity (Wildman–Crippen MR) is 58.5 cm³/mol. The van der Waals surface area contributed by atoms with Crippen molar-refractivity contribution in [1.29, 1.82) is 0 Å². The number of primary amides is 1. The molecule has 1 aromatic rings. The van der Waals surface area contributed by atoms with Gasteiger partial charge in [0.2, 0.25) is 5.91 Å². The summed E-state index contributed by atoms with van der Waals surface area (Å²) in [4.78, 5) is 10.5. The van der Waals surface area contributed by atoms with Crippen LogP contribution in [0.5, 0.6) is 0 Å². The van der Waals surface area contributed by atoms with E-state index in [1.54, 1.807) is 0 Å². The van der Waals surface area contributed by atoms with Crippen molar-refractivity contribution in [3.8, 4) is 0 Å². The average Bonchev–Trinajstić information content (AvgIpc) is 2.10. The van der Waals surface area contributed by atoms with Crippen molar-refractivity contribution in [2.75, 3.05) is 11.9 Å². The summed E-state index contributed by atoms with van der Waals surface area (Å²) in [5.74, 6) is -0.318. The zero-order valence-electron chi connectivity index (χ0n) is 8.01. The van der Waals surface area contributed by atoms with Crippen molar-refractivity contribution in [1.82, 2.24) is 0 Å². The first kappa shape index (κ1) is 10.9. The Hall–Kier alpha value is -1.22. The van der Waals surface area contributed by atoms with Gasteiger partial charge < -0.3 is 11.1 Å². The Morgan fingerprint density at radius 2 is 2.29 bits per heavy atom. The minimum atomic E-state index is -0.318. The van der Waals surface area contributed by atoms with Crippen molar-refractivity contribution in [2.45, 2.75) is 13.3 Å². The molecule has 76 valence electrons. The second kappa shape index (κ2) is 4.86. The first-order valence-electron chi connectivity index (χ1n) is 4.38. The van der Waals surface area contributed by atoms with Crippen LogP contribution in [0.4, 0.5) is 5.69 Å². The molecule has 0 saturated heterocycles. The smallest absolute Gasteiger partial charge is 0.219 e. The van der Waals surface area contributed by atoms with Gasteiger partial charge in [0, 0.05) is 13.0 Å². The fourth-order valence-electron chi connectivity index (χ4n) is 1.09. The van der Waals surface area contributed by atoms with Gasteiger partial charge in [0.15, 0.2) is 0 Å². The Morgan fingerprint density at radius 3 is 2.93 bits per heavy atom. The largest absolute Gasteiger partial charge is 0.383 e. The van der Waals surface area contributed by atoms with E-state index in [1.165, 1.54) is 0 Å². The van der Waals surface area contributed by atoms with E-state index >= 15 is 0 Å². The van der Waals surface area contributed by atoms with E-state index in [4.69, 9.17) is 17.3 Å². The molecule has 3 N–H and O–H groups in total. The van der Waals surface area contributed by atoms with Gasteiger partial charge in [-0.1, -0.05) is 17.7 Å². The summed E-state index contributed by atoms with van der Waals surface area (Å²) in [6.45, 7) is 2.49. The lowest BCUT2D eigenvalue weighted by atomic mass is 10.2. The number of amides is 1. The lowest BCUT2D eigenvalue weighted by molar-refractivity contribution is -0.117. The number of hydrogen-bond donors (Lipinski definition) is 2. The number of rotatable bonds is 4. The molecule has 0 aliphatic carbocycles. The van der Waals surface area contributed by atoms with Crippen molar-refractivity contribution in [3.05, 3.63) is 28.8 Å². The Balaban J connectivity index is 2.57. The molecule has 0 saturated carbocycles. The summed E-state index contributed by atoms with van der Waals surface area (Å²) in [5, 5.41) is 3.71. The van der Waals surface area contributed by atoms with E-state index in [0.717, 1.165) is 11.3 Å². The van der Waals surface area contributed by atoms with Crippen molar-refractivity contribution in [3.63, 3.8) is 0 Å². The number of anilines is 1. The van der Waals surface area contributed by atoms with Gasteiger partial charge in [0.05, 0.1) is 10.7 Å². The summed E-state index contributed by atoms with van der Waals surface area (Å²) >= 11 is 5.93. The van der Waals surface area contributed by atoms with E-state index in [1.807, 2.05) is 25.1 Å². The van der Waals surface area contributed by atoms with Gasteiger partial charge >= 0.3 is 0 Å². The van der Waals surface area contributed by atoms with Crippen LogP contribution in [0, 0.1) is 6.92 Å². The van der Waals surface area contributed by atoms with Crippen LogP contribution in [0.15, 0.2) is 18.2 Å². The third kappa shape index (κ3) is 3.26. The predicted octanol–water partition coefficient (Wildman–Crippen LogP) is 1.94. The molecule has 3 nitrogen and oxygen atoms in total. The number of nitrogens with one attached hydrogen (secondary N) is 1. The fourth-order valence-corrected chi connectivity index (χ4v) is 1.28. The zero-order valence-corrected chi connectivity index (χ0v) is 8.77. The number of carbonyl (C=O) groups excluding carboxylic acids is 1. The van der Waals surface area contributed by atoms with Crippen LogP contribution in [0.1, 0.15) is 12.0 Å². The van der Waals surface area contributed by atoms with E-state index in [-0.39, 0.29) is 5.91 Å². The summed E-state index contributed by atoms with van der Waals surface area (Å²) in [7, 11) is 0. The van der Waals surface area contributed by atoms with Gasteiger partial charge in [-0.2, -0.15) is 0 Å². The lowest BCUT2D eigenvalue weighted by Gasteiger charge is -2.07. The van der Waals surface area contributed by atoms with E-state index in [2.05, 4.69) is 5.32 Å². The van der Waals surface area contributed by atoms with Crippen LogP contribution in [0.25, 0.3) is 0 Å². The maximum atomic E-state index is 10.5. The van der Waals surface area contributed by atoms with Gasteiger partial charge in [-0.05, 0) is 24.6 Å². The monoisotopic (exact) mass is 212 g/mol. The van der Waals surface area contributed by atoms with Gasteiger partial charge in [-0.15, -0.1) is 0 Å². The molecule has 0 atom stereocenters. The van der Waals surface area contributed by atoms with Crippen LogP contribution in [-0.2, 0) is 4.79 Å². The maximum Gasteiger partial charge on any atom is 0.219 e. The molecule has 1 aromatic carbocycles. The molecule has 0 fully saturated rings. The molecular formula is C10H13ClN2O. The summed E-state index contributed by atoms with van der Waals surface area (Å²) in [6, 6.07) is 5.69. The molecule has 0 aliphatic heterocycles. The van der Waals surface area contributed by atoms with Crippen molar-refractivity contribution >= 4 is 23.2 Å². The molecular weight excluding hydrogens is 200 g/mol. The Kier molecular flexibility index (Phi) is 3.77. The normalized spacial score (nSPS) is 9.86. The molecule has 0 heterocycles. The van der Waals surface area contributed by atoms with Crippen LogP contribution in [0.2, 0.25) is 5.02 Å². The molecule has 0 aliphatic rings. The number of aryl methyl sites for hydroxylation is 1. The highest BCUT2D eigenvalue weighted by atomic mass is 35.5. The average molecular weight is 213 g/mol. The second-order valence-corrected chi connectivity index (χ2v) is 3.53. The molecule has 0 aromatic heterocycles. The Morgan fingerprint density at radius 1 is 1.57 bits per heavy atom. The fraction of sp³-hybridized carbons (Fsp3) is 0.300. The third-order valence-corrected chi connectivity index (χ3v) is 2.14. The number of benzene rings is 1. The maximum absolute atomic E-state index is 10.5. The van der Waals surface area contributed by atoms with Gasteiger partial charge in [-0.3, -0.25) is 4.79 Å². The van der Waals surface area contributed by atoms with Gasteiger partial charge in [0.1, 0.15) is 0 Å². The van der Waals surface area contributed by atoms with Crippen LogP contribution < -0.4 is 11.1 Å².